The van der Waals surface area contributed by atoms with Crippen LogP contribution in [-0.4, -0.2) is 20.2 Å². The molecule has 0 aliphatic rings. The summed E-state index contributed by atoms with van der Waals surface area (Å²) in [5.74, 6) is 0.0923. The summed E-state index contributed by atoms with van der Waals surface area (Å²) in [5, 5.41) is 10.4. The molecular weight excluding hydrogens is 258 g/mol. The van der Waals surface area contributed by atoms with Crippen molar-refractivity contribution in [2.24, 2.45) is 5.92 Å². The van der Waals surface area contributed by atoms with E-state index in [2.05, 4.69) is 4.72 Å². The van der Waals surface area contributed by atoms with Crippen LogP contribution in [0.1, 0.15) is 46.2 Å². The van der Waals surface area contributed by atoms with E-state index in [1.807, 2.05) is 65.0 Å². The number of benzene rings is 1. The molecule has 0 amide bonds. The Morgan fingerprint density at radius 3 is 2.11 bits per heavy atom. The number of hydrogen-bond donors (Lipinski definition) is 2. The molecular formula is C15H25NO2S. The molecule has 1 rings (SSSR count). The normalized spacial score (nSPS) is 17.2. The second-order valence-electron chi connectivity index (χ2n) is 6.12. The zero-order valence-electron chi connectivity index (χ0n) is 12.4. The lowest BCUT2D eigenvalue weighted by Crippen LogP contribution is -2.41. The summed E-state index contributed by atoms with van der Waals surface area (Å²) >= 11 is 0. The minimum absolute atomic E-state index is 0.0923. The number of rotatable bonds is 5. The molecule has 0 radical (unpaired) electrons. The van der Waals surface area contributed by atoms with Gasteiger partial charge < -0.3 is 5.11 Å². The summed E-state index contributed by atoms with van der Waals surface area (Å²) in [4.78, 5) is 0. The van der Waals surface area contributed by atoms with Crippen LogP contribution < -0.4 is 4.72 Å². The molecule has 0 bridgehead atoms. The molecule has 108 valence electrons. The highest BCUT2D eigenvalue weighted by Gasteiger charge is 2.29. The van der Waals surface area contributed by atoms with Gasteiger partial charge in [0.05, 0.1) is 27.9 Å². The average molecular weight is 283 g/mol. The van der Waals surface area contributed by atoms with E-state index < -0.39 is 17.1 Å². The van der Waals surface area contributed by atoms with Crippen LogP contribution in [0.2, 0.25) is 0 Å². The monoisotopic (exact) mass is 283 g/mol. The van der Waals surface area contributed by atoms with Crippen LogP contribution in [-0.2, 0) is 11.0 Å². The fourth-order valence-electron chi connectivity index (χ4n) is 1.67. The van der Waals surface area contributed by atoms with Crippen LogP contribution in [0.15, 0.2) is 30.3 Å². The number of aliphatic hydroxyl groups excluding tert-OH is 1. The Morgan fingerprint density at radius 1 is 1.16 bits per heavy atom. The van der Waals surface area contributed by atoms with Crippen LogP contribution in [0.3, 0.4) is 0 Å². The van der Waals surface area contributed by atoms with E-state index >= 15 is 0 Å². The van der Waals surface area contributed by atoms with Gasteiger partial charge in [-0.25, -0.2) is 8.93 Å². The summed E-state index contributed by atoms with van der Waals surface area (Å²) in [6.07, 6.45) is -0.575. The molecule has 0 fully saturated rings. The summed E-state index contributed by atoms with van der Waals surface area (Å²) in [7, 11) is -1.22. The molecule has 0 aliphatic carbocycles. The molecule has 19 heavy (non-hydrogen) atoms. The Balaban J connectivity index is 2.98. The Kier molecular flexibility index (Phi) is 5.71. The lowest BCUT2D eigenvalue weighted by Gasteiger charge is -2.29. The first-order valence-electron chi connectivity index (χ1n) is 6.64. The Morgan fingerprint density at radius 2 is 1.68 bits per heavy atom. The van der Waals surface area contributed by atoms with Crippen LogP contribution in [0.25, 0.3) is 0 Å². The zero-order chi connectivity index (χ0) is 14.6. The number of nitrogens with one attached hydrogen (secondary N) is 1. The van der Waals surface area contributed by atoms with Crippen molar-refractivity contribution < 1.29 is 9.32 Å². The highest BCUT2D eigenvalue weighted by atomic mass is 32.2. The van der Waals surface area contributed by atoms with Gasteiger partial charge in [0.15, 0.2) is 0 Å². The Labute approximate surface area is 119 Å². The van der Waals surface area contributed by atoms with Gasteiger partial charge in [0.25, 0.3) is 0 Å². The van der Waals surface area contributed by atoms with Gasteiger partial charge in [0.2, 0.25) is 0 Å². The summed E-state index contributed by atoms with van der Waals surface area (Å²) in [5.41, 5.74) is 0.960. The van der Waals surface area contributed by atoms with Crippen molar-refractivity contribution >= 4 is 11.0 Å². The van der Waals surface area contributed by atoms with Crippen molar-refractivity contribution in [3.8, 4) is 0 Å². The summed E-state index contributed by atoms with van der Waals surface area (Å²) < 4.78 is 15.0. The van der Waals surface area contributed by atoms with E-state index in [-0.39, 0.29) is 16.7 Å². The molecule has 0 saturated carbocycles. The predicted molar refractivity (Wildman–Crippen MR) is 81.1 cm³/mol. The number of hydrogen-bond acceptors (Lipinski definition) is 2. The maximum atomic E-state index is 12.3. The third-order valence-electron chi connectivity index (χ3n) is 2.97. The van der Waals surface area contributed by atoms with Gasteiger partial charge in [-0.05, 0) is 32.3 Å². The second-order valence-corrected chi connectivity index (χ2v) is 8.12. The largest absolute Gasteiger partial charge is 0.391 e. The summed E-state index contributed by atoms with van der Waals surface area (Å²) in [6, 6.07) is 9.37. The molecule has 0 heterocycles. The molecule has 1 aromatic rings. The zero-order valence-corrected chi connectivity index (χ0v) is 13.2. The fraction of sp³-hybridized carbons (Fsp3) is 0.600. The molecule has 2 N–H and O–H groups in total. The fourth-order valence-corrected chi connectivity index (χ4v) is 2.53. The molecule has 3 nitrogen and oxygen atoms in total. The van der Waals surface area contributed by atoms with E-state index in [1.165, 1.54) is 0 Å². The van der Waals surface area contributed by atoms with E-state index in [9.17, 15) is 9.32 Å². The van der Waals surface area contributed by atoms with Gasteiger partial charge in [-0.1, -0.05) is 44.2 Å². The minimum Gasteiger partial charge on any atom is -0.391 e. The van der Waals surface area contributed by atoms with Crippen molar-refractivity contribution in [1.29, 1.82) is 0 Å². The maximum absolute atomic E-state index is 12.3. The molecule has 0 aliphatic heterocycles. The quantitative estimate of drug-likeness (QED) is 0.873. The number of aliphatic hydroxyl groups is 1. The van der Waals surface area contributed by atoms with Gasteiger partial charge >= 0.3 is 0 Å². The highest BCUT2D eigenvalue weighted by molar-refractivity contribution is 7.84. The smallest absolute Gasteiger partial charge is 0.0976 e. The van der Waals surface area contributed by atoms with Crippen molar-refractivity contribution in [2.75, 3.05) is 0 Å². The van der Waals surface area contributed by atoms with Gasteiger partial charge in [-0.15, -0.1) is 0 Å². The van der Waals surface area contributed by atoms with E-state index in [0.29, 0.717) is 0 Å². The van der Waals surface area contributed by atoms with Crippen LogP contribution >= 0.6 is 0 Å². The van der Waals surface area contributed by atoms with Crippen LogP contribution in [0, 0.1) is 5.92 Å². The second kappa shape index (κ2) is 6.64. The maximum Gasteiger partial charge on any atom is 0.0976 e. The van der Waals surface area contributed by atoms with Gasteiger partial charge in [-0.2, -0.15) is 0 Å². The standard InChI is InChI=1S/C15H25NO2S/c1-11(2)14(17)13(12-9-7-6-8-10-12)16-19(18)15(3,4)5/h6-11,13-14,16-17H,1-5H3/t13-,14+,19?/m0/s1. The molecule has 1 unspecified atom stereocenters. The molecule has 3 atom stereocenters. The van der Waals surface area contributed by atoms with Gasteiger partial charge in [0.1, 0.15) is 0 Å². The Hall–Kier alpha value is -0.710. The van der Waals surface area contributed by atoms with Crippen molar-refractivity contribution in [2.45, 2.75) is 51.5 Å². The van der Waals surface area contributed by atoms with Crippen molar-refractivity contribution in [1.82, 2.24) is 4.72 Å². The lowest BCUT2D eigenvalue weighted by atomic mass is 9.94. The van der Waals surface area contributed by atoms with Gasteiger partial charge in [0, 0.05) is 0 Å². The molecule has 1 aromatic carbocycles. The van der Waals surface area contributed by atoms with E-state index in [4.69, 9.17) is 0 Å². The van der Waals surface area contributed by atoms with E-state index in [0.717, 1.165) is 5.56 Å². The minimum atomic E-state index is -1.22. The SMILES string of the molecule is CC(C)[C@@H](O)[C@@H](NS(=O)C(C)(C)C)c1ccccc1. The first-order chi connectivity index (χ1) is 8.73. The third-order valence-corrected chi connectivity index (χ3v) is 4.55. The van der Waals surface area contributed by atoms with Crippen LogP contribution in [0.5, 0.6) is 0 Å². The predicted octanol–water partition coefficient (Wildman–Crippen LogP) is 2.80. The third kappa shape index (κ3) is 4.71. The topological polar surface area (TPSA) is 49.3 Å². The average Bonchev–Trinajstić information content (AvgIpc) is 2.34. The first kappa shape index (κ1) is 16.3. The van der Waals surface area contributed by atoms with E-state index in [1.54, 1.807) is 0 Å². The molecule has 0 aromatic heterocycles. The summed E-state index contributed by atoms with van der Waals surface area (Å²) in [6.45, 7) is 9.67. The Bertz CT molecular complexity index is 412. The molecule has 0 saturated heterocycles. The lowest BCUT2D eigenvalue weighted by molar-refractivity contribution is 0.0922. The molecule has 4 heteroatoms. The molecule has 0 spiro atoms. The first-order valence-corrected chi connectivity index (χ1v) is 7.79. The van der Waals surface area contributed by atoms with Crippen LogP contribution in [0.4, 0.5) is 0 Å². The van der Waals surface area contributed by atoms with Crippen molar-refractivity contribution in [3.63, 3.8) is 0 Å². The highest BCUT2D eigenvalue weighted by Crippen LogP contribution is 2.24. The van der Waals surface area contributed by atoms with Crippen molar-refractivity contribution in [3.05, 3.63) is 35.9 Å². The van der Waals surface area contributed by atoms with Gasteiger partial charge in [-0.3, -0.25) is 0 Å².